The van der Waals surface area contributed by atoms with E-state index in [0.717, 1.165) is 12.8 Å². The summed E-state index contributed by atoms with van der Waals surface area (Å²) in [5.74, 6) is 1.14. The minimum absolute atomic E-state index is 0.199. The minimum Gasteiger partial charge on any atom is -0.449 e. The molecule has 1 heterocycles. The number of likely N-dealkylation sites (tertiary alicyclic amines) is 1. The van der Waals surface area contributed by atoms with Gasteiger partial charge in [-0.25, -0.2) is 4.79 Å². The van der Waals surface area contributed by atoms with Crippen LogP contribution >= 0.6 is 0 Å². The fourth-order valence-electron chi connectivity index (χ4n) is 2.61. The monoisotopic (exact) mass is 225 g/mol. The van der Waals surface area contributed by atoms with Crippen LogP contribution in [0.2, 0.25) is 0 Å². The molecular weight excluding hydrogens is 206 g/mol. The first-order valence-electron chi connectivity index (χ1n) is 6.14. The Morgan fingerprint density at radius 2 is 2.00 bits per heavy atom. The van der Waals surface area contributed by atoms with E-state index in [2.05, 4.69) is 6.92 Å². The molecule has 2 atom stereocenters. The molecule has 0 bridgehead atoms. The number of ketones is 1. The summed E-state index contributed by atoms with van der Waals surface area (Å²) in [6, 6.07) is 0. The smallest absolute Gasteiger partial charge is 0.409 e. The van der Waals surface area contributed by atoms with Crippen LogP contribution in [0.1, 0.15) is 32.6 Å². The Kier molecular flexibility index (Phi) is 3.46. The number of carbonyl (C=O) groups is 2. The predicted molar refractivity (Wildman–Crippen MR) is 59.1 cm³/mol. The molecule has 2 aliphatic rings. The quantitative estimate of drug-likeness (QED) is 0.688. The number of rotatable bonds is 3. The van der Waals surface area contributed by atoms with Gasteiger partial charge < -0.3 is 9.64 Å². The molecule has 0 aromatic carbocycles. The Labute approximate surface area is 95.9 Å². The van der Waals surface area contributed by atoms with E-state index >= 15 is 0 Å². The summed E-state index contributed by atoms with van der Waals surface area (Å²) in [5.41, 5.74) is 0. The molecule has 2 unspecified atom stereocenters. The second-order valence-corrected chi connectivity index (χ2v) is 4.84. The Balaban J connectivity index is 1.77. The molecule has 0 spiro atoms. The largest absolute Gasteiger partial charge is 0.449 e. The van der Waals surface area contributed by atoms with E-state index in [0.29, 0.717) is 50.2 Å². The van der Waals surface area contributed by atoms with Crippen LogP contribution < -0.4 is 0 Å². The average Bonchev–Trinajstić information content (AvgIpc) is 2.74. The summed E-state index contributed by atoms with van der Waals surface area (Å²) < 4.78 is 5.16. The maximum absolute atomic E-state index is 11.7. The molecule has 1 aliphatic heterocycles. The Morgan fingerprint density at radius 1 is 1.38 bits per heavy atom. The molecule has 1 saturated carbocycles. The second kappa shape index (κ2) is 4.85. The van der Waals surface area contributed by atoms with Crippen molar-refractivity contribution in [2.24, 2.45) is 11.8 Å². The molecule has 4 nitrogen and oxygen atoms in total. The second-order valence-electron chi connectivity index (χ2n) is 4.84. The third-order valence-electron chi connectivity index (χ3n) is 3.54. The van der Waals surface area contributed by atoms with E-state index in [1.807, 2.05) is 0 Å². The van der Waals surface area contributed by atoms with Crippen molar-refractivity contribution < 1.29 is 14.3 Å². The summed E-state index contributed by atoms with van der Waals surface area (Å²) in [6.07, 6.45) is 3.07. The van der Waals surface area contributed by atoms with E-state index < -0.39 is 0 Å². The van der Waals surface area contributed by atoms with Crippen molar-refractivity contribution in [1.29, 1.82) is 0 Å². The Bertz CT molecular complexity index is 274. The molecule has 2 rings (SSSR count). The highest BCUT2D eigenvalue weighted by atomic mass is 16.6. The molecule has 1 amide bonds. The van der Waals surface area contributed by atoms with Gasteiger partial charge in [-0.3, -0.25) is 4.79 Å². The van der Waals surface area contributed by atoms with Crippen molar-refractivity contribution in [3.63, 3.8) is 0 Å². The topological polar surface area (TPSA) is 46.6 Å². The van der Waals surface area contributed by atoms with Crippen LogP contribution in [-0.2, 0) is 9.53 Å². The lowest BCUT2D eigenvalue weighted by Crippen LogP contribution is -2.30. The number of nitrogens with zero attached hydrogens (tertiary/aromatic N) is 1. The van der Waals surface area contributed by atoms with Crippen LogP contribution in [0.3, 0.4) is 0 Å². The zero-order valence-electron chi connectivity index (χ0n) is 9.78. The first-order valence-corrected chi connectivity index (χ1v) is 6.14. The summed E-state index contributed by atoms with van der Waals surface area (Å²) in [7, 11) is 0. The lowest BCUT2D eigenvalue weighted by Gasteiger charge is -2.16. The molecule has 1 saturated heterocycles. The van der Waals surface area contributed by atoms with Gasteiger partial charge in [0, 0.05) is 25.9 Å². The summed E-state index contributed by atoms with van der Waals surface area (Å²) in [5, 5.41) is 0. The van der Waals surface area contributed by atoms with Crippen molar-refractivity contribution in [3.05, 3.63) is 0 Å². The van der Waals surface area contributed by atoms with Gasteiger partial charge in [-0.1, -0.05) is 13.3 Å². The fraction of sp³-hybridized carbons (Fsp3) is 0.833. The SMILES string of the molecule is CCCCOC(=O)N1CC2CC(=O)CC2C1. The first-order chi connectivity index (χ1) is 7.70. The minimum atomic E-state index is -0.199. The molecule has 0 N–H and O–H groups in total. The van der Waals surface area contributed by atoms with Gasteiger partial charge in [0.25, 0.3) is 0 Å². The molecular formula is C12H19NO3. The first kappa shape index (κ1) is 11.4. The lowest BCUT2D eigenvalue weighted by atomic mass is 10.0. The van der Waals surface area contributed by atoms with Crippen LogP contribution in [0.15, 0.2) is 0 Å². The van der Waals surface area contributed by atoms with Gasteiger partial charge in [0.15, 0.2) is 0 Å². The van der Waals surface area contributed by atoms with E-state index in [4.69, 9.17) is 4.74 Å². The number of hydrogen-bond donors (Lipinski definition) is 0. The van der Waals surface area contributed by atoms with Gasteiger partial charge in [-0.2, -0.15) is 0 Å². The van der Waals surface area contributed by atoms with Crippen LogP contribution in [0, 0.1) is 11.8 Å². The number of amides is 1. The molecule has 1 aliphatic carbocycles. The molecule has 0 radical (unpaired) electrons. The zero-order valence-corrected chi connectivity index (χ0v) is 9.78. The number of carbonyl (C=O) groups excluding carboxylic acids is 2. The maximum Gasteiger partial charge on any atom is 0.409 e. The number of hydrogen-bond acceptors (Lipinski definition) is 3. The standard InChI is InChI=1S/C12H19NO3/c1-2-3-4-16-12(15)13-7-9-5-11(14)6-10(9)8-13/h9-10H,2-8H2,1H3. The van der Waals surface area contributed by atoms with Gasteiger partial charge >= 0.3 is 6.09 Å². The highest BCUT2D eigenvalue weighted by Gasteiger charge is 2.42. The van der Waals surface area contributed by atoms with Gasteiger partial charge in [-0.05, 0) is 18.3 Å². The molecule has 16 heavy (non-hydrogen) atoms. The van der Waals surface area contributed by atoms with Crippen molar-refractivity contribution in [3.8, 4) is 0 Å². The number of Topliss-reactive ketones (excluding diaryl/α,β-unsaturated/α-hetero) is 1. The normalized spacial score (nSPS) is 28.3. The summed E-state index contributed by atoms with van der Waals surface area (Å²) >= 11 is 0. The molecule has 2 fully saturated rings. The number of fused-ring (bicyclic) bond motifs is 1. The zero-order chi connectivity index (χ0) is 11.5. The fourth-order valence-corrected chi connectivity index (χ4v) is 2.61. The van der Waals surface area contributed by atoms with Crippen molar-refractivity contribution in [2.75, 3.05) is 19.7 Å². The van der Waals surface area contributed by atoms with Crippen molar-refractivity contribution in [2.45, 2.75) is 32.6 Å². The summed E-state index contributed by atoms with van der Waals surface area (Å²) in [4.78, 5) is 24.6. The van der Waals surface area contributed by atoms with Gasteiger partial charge in [0.1, 0.15) is 5.78 Å². The number of unbranched alkanes of at least 4 members (excludes halogenated alkanes) is 1. The van der Waals surface area contributed by atoms with E-state index in [9.17, 15) is 9.59 Å². The van der Waals surface area contributed by atoms with Crippen LogP contribution in [-0.4, -0.2) is 36.5 Å². The van der Waals surface area contributed by atoms with Crippen molar-refractivity contribution >= 4 is 11.9 Å². The highest BCUT2D eigenvalue weighted by molar-refractivity contribution is 5.82. The molecule has 0 aromatic rings. The Hall–Kier alpha value is -1.06. The summed E-state index contributed by atoms with van der Waals surface area (Å²) in [6.45, 7) is 4.00. The Morgan fingerprint density at radius 3 is 2.56 bits per heavy atom. The van der Waals surface area contributed by atoms with E-state index in [-0.39, 0.29) is 6.09 Å². The van der Waals surface area contributed by atoms with Gasteiger partial charge in [-0.15, -0.1) is 0 Å². The van der Waals surface area contributed by atoms with E-state index in [1.54, 1.807) is 4.90 Å². The predicted octanol–water partition coefficient (Wildman–Crippen LogP) is 1.83. The van der Waals surface area contributed by atoms with E-state index in [1.165, 1.54) is 0 Å². The van der Waals surface area contributed by atoms with Gasteiger partial charge in [0.05, 0.1) is 6.61 Å². The number of ether oxygens (including phenoxy) is 1. The average molecular weight is 225 g/mol. The van der Waals surface area contributed by atoms with Gasteiger partial charge in [0.2, 0.25) is 0 Å². The lowest BCUT2D eigenvalue weighted by molar-refractivity contribution is -0.118. The van der Waals surface area contributed by atoms with Crippen LogP contribution in [0.4, 0.5) is 4.79 Å². The third kappa shape index (κ3) is 2.36. The van der Waals surface area contributed by atoms with Crippen molar-refractivity contribution in [1.82, 2.24) is 4.90 Å². The molecule has 4 heteroatoms. The molecule has 90 valence electrons. The molecule has 0 aromatic heterocycles. The van der Waals surface area contributed by atoms with Crippen LogP contribution in [0.5, 0.6) is 0 Å². The highest BCUT2D eigenvalue weighted by Crippen LogP contribution is 2.35. The third-order valence-corrected chi connectivity index (χ3v) is 3.54. The van der Waals surface area contributed by atoms with Crippen LogP contribution in [0.25, 0.3) is 0 Å². The maximum atomic E-state index is 11.7.